The van der Waals surface area contributed by atoms with E-state index in [2.05, 4.69) is 26.2 Å². The standard InChI is InChI=1S/C11H9BrN4O3/c1-7-11(10(17)6-12)13-14-15(7)8-2-4-9(5-3-8)16(18)19/h2-5H,6H2,1H3. The topological polar surface area (TPSA) is 90.9 Å². The van der Waals surface area contributed by atoms with Crippen molar-refractivity contribution in [1.82, 2.24) is 15.0 Å². The molecule has 0 aliphatic rings. The van der Waals surface area contributed by atoms with Crippen molar-refractivity contribution in [1.29, 1.82) is 0 Å². The predicted molar refractivity (Wildman–Crippen MR) is 70.9 cm³/mol. The van der Waals surface area contributed by atoms with Crippen LogP contribution in [-0.2, 0) is 0 Å². The lowest BCUT2D eigenvalue weighted by Crippen LogP contribution is -2.04. The van der Waals surface area contributed by atoms with Crippen molar-refractivity contribution < 1.29 is 9.72 Å². The zero-order valence-corrected chi connectivity index (χ0v) is 11.5. The molecular weight excluding hydrogens is 316 g/mol. The number of nitro groups is 1. The fourth-order valence-corrected chi connectivity index (χ4v) is 1.88. The highest BCUT2D eigenvalue weighted by Gasteiger charge is 2.16. The lowest BCUT2D eigenvalue weighted by atomic mass is 10.2. The van der Waals surface area contributed by atoms with E-state index >= 15 is 0 Å². The molecule has 0 amide bonds. The zero-order valence-electron chi connectivity index (χ0n) is 9.91. The first-order valence-corrected chi connectivity index (χ1v) is 6.43. The highest BCUT2D eigenvalue weighted by molar-refractivity contribution is 9.09. The van der Waals surface area contributed by atoms with Crippen LogP contribution in [0.25, 0.3) is 5.69 Å². The Morgan fingerprint density at radius 3 is 2.58 bits per heavy atom. The SMILES string of the molecule is Cc1c(C(=O)CBr)nnn1-c1ccc([N+](=O)[O-])cc1. The van der Waals surface area contributed by atoms with Crippen molar-refractivity contribution in [2.24, 2.45) is 0 Å². The molecule has 0 N–H and O–H groups in total. The second-order valence-electron chi connectivity index (χ2n) is 3.77. The lowest BCUT2D eigenvalue weighted by molar-refractivity contribution is -0.384. The molecule has 0 radical (unpaired) electrons. The summed E-state index contributed by atoms with van der Waals surface area (Å²) >= 11 is 3.08. The summed E-state index contributed by atoms with van der Waals surface area (Å²) in [6.07, 6.45) is 0. The summed E-state index contributed by atoms with van der Waals surface area (Å²) in [5.74, 6) is -0.161. The number of aromatic nitrogens is 3. The molecule has 1 heterocycles. The van der Waals surface area contributed by atoms with Crippen LogP contribution in [-0.4, -0.2) is 31.0 Å². The molecule has 19 heavy (non-hydrogen) atoms. The maximum atomic E-state index is 11.6. The van der Waals surface area contributed by atoms with Gasteiger partial charge in [0.15, 0.2) is 11.5 Å². The van der Waals surface area contributed by atoms with Crippen molar-refractivity contribution in [3.05, 3.63) is 45.8 Å². The van der Waals surface area contributed by atoms with Crippen molar-refractivity contribution in [2.75, 3.05) is 5.33 Å². The Kier molecular flexibility index (Phi) is 3.70. The number of alkyl halides is 1. The number of rotatable bonds is 4. The Hall–Kier alpha value is -2.09. The van der Waals surface area contributed by atoms with Gasteiger partial charge in [-0.2, -0.15) is 0 Å². The van der Waals surface area contributed by atoms with Gasteiger partial charge in [0.25, 0.3) is 5.69 Å². The molecule has 7 nitrogen and oxygen atoms in total. The van der Waals surface area contributed by atoms with Crippen molar-refractivity contribution in [3.63, 3.8) is 0 Å². The van der Waals surface area contributed by atoms with Gasteiger partial charge in [0, 0.05) is 12.1 Å². The predicted octanol–water partition coefficient (Wildman–Crippen LogP) is 2.06. The van der Waals surface area contributed by atoms with Crippen molar-refractivity contribution in [2.45, 2.75) is 6.92 Å². The Morgan fingerprint density at radius 1 is 1.42 bits per heavy atom. The molecule has 8 heteroatoms. The van der Waals surface area contributed by atoms with Gasteiger partial charge in [-0.1, -0.05) is 21.1 Å². The largest absolute Gasteiger partial charge is 0.291 e. The van der Waals surface area contributed by atoms with Crippen LogP contribution in [0.15, 0.2) is 24.3 Å². The van der Waals surface area contributed by atoms with E-state index in [1.54, 1.807) is 19.1 Å². The second kappa shape index (κ2) is 5.27. The van der Waals surface area contributed by atoms with Crippen LogP contribution in [0.3, 0.4) is 0 Å². The number of benzene rings is 1. The number of hydrogen-bond donors (Lipinski definition) is 0. The Morgan fingerprint density at radius 2 is 2.05 bits per heavy atom. The van der Waals surface area contributed by atoms with E-state index in [9.17, 15) is 14.9 Å². The van der Waals surface area contributed by atoms with Gasteiger partial charge in [-0.05, 0) is 19.1 Å². The molecular formula is C11H9BrN4O3. The number of hydrogen-bond acceptors (Lipinski definition) is 5. The Labute approximate surface area is 116 Å². The van der Waals surface area contributed by atoms with Crippen LogP contribution < -0.4 is 0 Å². The van der Waals surface area contributed by atoms with Crippen molar-refractivity contribution >= 4 is 27.4 Å². The molecule has 0 atom stereocenters. The van der Waals surface area contributed by atoms with Crippen LogP contribution in [0.2, 0.25) is 0 Å². The van der Waals surface area contributed by atoms with E-state index in [4.69, 9.17) is 0 Å². The summed E-state index contributed by atoms with van der Waals surface area (Å²) < 4.78 is 1.47. The number of Topliss-reactive ketones (excluding diaryl/α,β-unsaturated/α-hetero) is 1. The minimum atomic E-state index is -0.474. The normalized spacial score (nSPS) is 10.4. The summed E-state index contributed by atoms with van der Waals surface area (Å²) in [7, 11) is 0. The third kappa shape index (κ3) is 2.53. The first kappa shape index (κ1) is 13.3. The molecule has 2 aromatic rings. The molecule has 0 bridgehead atoms. The monoisotopic (exact) mass is 324 g/mol. The molecule has 1 aromatic carbocycles. The maximum Gasteiger partial charge on any atom is 0.269 e. The number of ketones is 1. The van der Waals surface area contributed by atoms with E-state index in [0.717, 1.165) is 0 Å². The summed E-state index contributed by atoms with van der Waals surface area (Å²) in [5.41, 5.74) is 1.50. The maximum absolute atomic E-state index is 11.6. The number of carbonyl (C=O) groups is 1. The minimum absolute atomic E-state index is 0.00160. The van der Waals surface area contributed by atoms with Gasteiger partial charge >= 0.3 is 0 Å². The summed E-state index contributed by atoms with van der Waals surface area (Å²) in [5, 5.41) is 18.4. The Bertz CT molecular complexity index is 636. The summed E-state index contributed by atoms with van der Waals surface area (Å²) in [6.45, 7) is 1.72. The average Bonchev–Trinajstić information content (AvgIpc) is 2.80. The molecule has 98 valence electrons. The Balaban J connectivity index is 2.40. The molecule has 2 rings (SSSR count). The van der Waals surface area contributed by atoms with Crippen molar-refractivity contribution in [3.8, 4) is 5.69 Å². The fourth-order valence-electron chi connectivity index (χ4n) is 1.61. The number of nitrogens with zero attached hydrogens (tertiary/aromatic N) is 4. The molecule has 1 aromatic heterocycles. The van der Waals surface area contributed by atoms with E-state index in [-0.39, 0.29) is 22.5 Å². The third-order valence-corrected chi connectivity index (χ3v) is 3.09. The average molecular weight is 325 g/mol. The molecule has 0 aliphatic heterocycles. The molecule has 0 aliphatic carbocycles. The van der Waals surface area contributed by atoms with E-state index < -0.39 is 4.92 Å². The fraction of sp³-hybridized carbons (Fsp3) is 0.182. The highest BCUT2D eigenvalue weighted by Crippen LogP contribution is 2.17. The molecule has 0 saturated heterocycles. The lowest BCUT2D eigenvalue weighted by Gasteiger charge is -2.02. The van der Waals surface area contributed by atoms with Gasteiger partial charge in [-0.25, -0.2) is 4.68 Å². The van der Waals surface area contributed by atoms with Crippen LogP contribution in [0, 0.1) is 17.0 Å². The van der Waals surface area contributed by atoms with E-state index in [1.807, 2.05) is 0 Å². The molecule has 0 fully saturated rings. The van der Waals surface area contributed by atoms with Gasteiger partial charge in [-0.3, -0.25) is 14.9 Å². The highest BCUT2D eigenvalue weighted by atomic mass is 79.9. The first-order chi connectivity index (χ1) is 9.04. The van der Waals surface area contributed by atoms with Crippen LogP contribution in [0.1, 0.15) is 16.2 Å². The minimum Gasteiger partial charge on any atom is -0.291 e. The van der Waals surface area contributed by atoms with Gasteiger partial charge in [0.1, 0.15) is 0 Å². The summed E-state index contributed by atoms with van der Waals surface area (Å²) in [4.78, 5) is 21.7. The van der Waals surface area contributed by atoms with E-state index in [0.29, 0.717) is 11.4 Å². The van der Waals surface area contributed by atoms with E-state index in [1.165, 1.54) is 16.8 Å². The first-order valence-electron chi connectivity index (χ1n) is 5.31. The smallest absolute Gasteiger partial charge is 0.269 e. The molecule has 0 unspecified atom stereocenters. The van der Waals surface area contributed by atoms with Crippen LogP contribution in [0.5, 0.6) is 0 Å². The van der Waals surface area contributed by atoms with Crippen LogP contribution in [0.4, 0.5) is 5.69 Å². The van der Waals surface area contributed by atoms with Gasteiger partial charge in [-0.15, -0.1) is 5.10 Å². The van der Waals surface area contributed by atoms with Gasteiger partial charge in [0.05, 0.1) is 21.6 Å². The quantitative estimate of drug-likeness (QED) is 0.371. The number of non-ortho nitro benzene ring substituents is 1. The van der Waals surface area contributed by atoms with Gasteiger partial charge in [0.2, 0.25) is 0 Å². The van der Waals surface area contributed by atoms with Crippen LogP contribution >= 0.6 is 15.9 Å². The third-order valence-electron chi connectivity index (χ3n) is 2.59. The summed E-state index contributed by atoms with van der Waals surface area (Å²) in [6, 6.07) is 5.87. The molecule has 0 saturated carbocycles. The molecule has 0 spiro atoms. The zero-order chi connectivity index (χ0) is 14.0. The number of halogens is 1. The number of carbonyl (C=O) groups excluding carboxylic acids is 1. The second-order valence-corrected chi connectivity index (χ2v) is 4.33. The van der Waals surface area contributed by atoms with Gasteiger partial charge < -0.3 is 0 Å². The number of nitro benzene ring substituents is 1.